The highest BCUT2D eigenvalue weighted by molar-refractivity contribution is 6.30. The Balaban J connectivity index is 0.000000150. The zero-order chi connectivity index (χ0) is 17.8. The van der Waals surface area contributed by atoms with E-state index in [0.717, 1.165) is 17.8 Å². The Kier molecular flexibility index (Phi) is 5.73. The monoisotopic (exact) mass is 396 g/mol. The number of hydrogen-bond acceptors (Lipinski definition) is 4. The van der Waals surface area contributed by atoms with Gasteiger partial charge in [0.05, 0.1) is 18.1 Å². The third-order valence-corrected chi connectivity index (χ3v) is 3.96. The van der Waals surface area contributed by atoms with Crippen molar-refractivity contribution in [2.24, 2.45) is 0 Å². The molecule has 0 aromatic carbocycles. The molecule has 0 aliphatic carbocycles. The van der Waals surface area contributed by atoms with E-state index in [0.29, 0.717) is 21.1 Å². The molecule has 0 radical (unpaired) electrons. The first-order valence-electron chi connectivity index (χ1n) is 7.73. The molecule has 0 aliphatic rings. The van der Waals surface area contributed by atoms with Crippen molar-refractivity contribution in [1.29, 1.82) is 0 Å². The van der Waals surface area contributed by atoms with Crippen molar-refractivity contribution >= 4 is 46.1 Å². The minimum atomic E-state index is 0.416. The van der Waals surface area contributed by atoms with Crippen LogP contribution in [0, 0.1) is 0 Å². The van der Waals surface area contributed by atoms with Crippen LogP contribution in [0.5, 0.6) is 0 Å². The first-order valence-corrected chi connectivity index (χ1v) is 8.87. The van der Waals surface area contributed by atoms with E-state index in [2.05, 4.69) is 27.1 Å². The number of aromatic nitrogens is 6. The molecule has 0 N–H and O–H groups in total. The zero-order valence-corrected chi connectivity index (χ0v) is 15.7. The Morgan fingerprint density at radius 2 is 1.40 bits per heavy atom. The lowest BCUT2D eigenvalue weighted by Crippen LogP contribution is -1.96. The summed E-state index contributed by atoms with van der Waals surface area (Å²) < 4.78 is 3.26. The second-order valence-electron chi connectivity index (χ2n) is 5.32. The Bertz CT molecular complexity index is 994. The highest BCUT2D eigenvalue weighted by Crippen LogP contribution is 2.11. The van der Waals surface area contributed by atoms with Crippen LogP contribution in [0.1, 0.15) is 25.5 Å². The van der Waals surface area contributed by atoms with Gasteiger partial charge in [-0.05, 0) is 37.1 Å². The molecule has 130 valence electrons. The number of unbranched alkanes of at least 4 members (excludes halogenated alkanes) is 1. The van der Waals surface area contributed by atoms with Gasteiger partial charge in [0.1, 0.15) is 15.5 Å². The van der Waals surface area contributed by atoms with Gasteiger partial charge in [-0.1, -0.05) is 48.1 Å². The van der Waals surface area contributed by atoms with Crippen LogP contribution in [-0.4, -0.2) is 29.2 Å². The van der Waals surface area contributed by atoms with Crippen molar-refractivity contribution < 1.29 is 0 Å². The van der Waals surface area contributed by atoms with Crippen LogP contribution in [0.25, 0.3) is 11.3 Å². The Labute approximate surface area is 159 Å². The molecule has 0 aliphatic heterocycles. The fourth-order valence-corrected chi connectivity index (χ4v) is 2.72. The summed E-state index contributed by atoms with van der Waals surface area (Å²) in [7, 11) is 0. The van der Waals surface area contributed by atoms with E-state index < -0.39 is 0 Å². The van der Waals surface area contributed by atoms with Gasteiger partial charge < -0.3 is 0 Å². The van der Waals surface area contributed by atoms with Crippen molar-refractivity contribution in [1.82, 2.24) is 29.2 Å². The minimum absolute atomic E-state index is 0.416. The molecule has 0 amide bonds. The van der Waals surface area contributed by atoms with Gasteiger partial charge in [-0.2, -0.15) is 10.2 Å². The van der Waals surface area contributed by atoms with Crippen LogP contribution < -0.4 is 0 Å². The third kappa shape index (κ3) is 4.60. The van der Waals surface area contributed by atoms with Crippen LogP contribution in [0.4, 0.5) is 0 Å². The van der Waals surface area contributed by atoms with Crippen LogP contribution in [0.3, 0.4) is 0 Å². The van der Waals surface area contributed by atoms with Crippen molar-refractivity contribution in [3.8, 4) is 0 Å². The number of halogens is 3. The molecule has 25 heavy (non-hydrogen) atoms. The fraction of sp³-hybridized carbons (Fsp3) is 0.250. The maximum atomic E-state index is 5.77. The van der Waals surface area contributed by atoms with Crippen LogP contribution in [0.15, 0.2) is 36.7 Å². The van der Waals surface area contributed by atoms with E-state index in [1.807, 2.05) is 12.1 Å². The first kappa shape index (κ1) is 17.9. The molecule has 4 rings (SSSR count). The van der Waals surface area contributed by atoms with Crippen molar-refractivity contribution in [2.45, 2.75) is 26.2 Å². The highest BCUT2D eigenvalue weighted by Gasteiger charge is 2.01. The number of fused-ring (bicyclic) bond motifs is 2. The smallest absolute Gasteiger partial charge is 0.155 e. The van der Waals surface area contributed by atoms with Gasteiger partial charge in [-0.25, -0.2) is 19.0 Å². The quantitative estimate of drug-likeness (QED) is 0.500. The van der Waals surface area contributed by atoms with Crippen molar-refractivity contribution in [3.63, 3.8) is 0 Å². The topological polar surface area (TPSA) is 60.4 Å². The molecule has 0 atom stereocenters. The molecule has 4 aromatic heterocycles. The van der Waals surface area contributed by atoms with Gasteiger partial charge in [-0.3, -0.25) is 0 Å². The zero-order valence-electron chi connectivity index (χ0n) is 13.4. The summed E-state index contributed by atoms with van der Waals surface area (Å²) in [6.45, 7) is 2.17. The van der Waals surface area contributed by atoms with E-state index in [9.17, 15) is 0 Å². The number of nitrogens with zero attached hydrogens (tertiary/aromatic N) is 6. The molecule has 0 saturated heterocycles. The number of rotatable bonds is 3. The summed E-state index contributed by atoms with van der Waals surface area (Å²) in [6.07, 6.45) is 6.70. The second kappa shape index (κ2) is 7.99. The molecule has 0 fully saturated rings. The normalized spacial score (nSPS) is 10.9. The number of imidazole rings is 2. The summed E-state index contributed by atoms with van der Waals surface area (Å²) in [5.41, 5.74) is 2.59. The summed E-state index contributed by atoms with van der Waals surface area (Å²) in [4.78, 5) is 8.06. The minimum Gasteiger partial charge on any atom is -0.219 e. The Morgan fingerprint density at radius 1 is 0.800 bits per heavy atom. The van der Waals surface area contributed by atoms with Gasteiger partial charge >= 0.3 is 0 Å². The van der Waals surface area contributed by atoms with Crippen LogP contribution in [-0.2, 0) is 6.42 Å². The van der Waals surface area contributed by atoms with Crippen molar-refractivity contribution in [3.05, 3.63) is 57.8 Å². The number of aryl methyl sites for hydroxylation is 1. The Morgan fingerprint density at radius 3 is 2.04 bits per heavy atom. The first-order chi connectivity index (χ1) is 12.0. The van der Waals surface area contributed by atoms with E-state index in [1.54, 1.807) is 29.0 Å². The average molecular weight is 398 g/mol. The lowest BCUT2D eigenvalue weighted by molar-refractivity contribution is 0.748. The highest BCUT2D eigenvalue weighted by atomic mass is 35.5. The van der Waals surface area contributed by atoms with Gasteiger partial charge in [0.2, 0.25) is 0 Å². The second-order valence-corrected chi connectivity index (χ2v) is 6.48. The molecule has 6 nitrogen and oxygen atoms in total. The lowest BCUT2D eigenvalue weighted by atomic mass is 10.2. The molecule has 0 saturated carbocycles. The van der Waals surface area contributed by atoms with Crippen LogP contribution >= 0.6 is 34.8 Å². The predicted octanol–water partition coefficient (Wildman–Crippen LogP) is 4.76. The maximum Gasteiger partial charge on any atom is 0.155 e. The summed E-state index contributed by atoms with van der Waals surface area (Å²) >= 11 is 17.0. The number of hydrogen-bond donors (Lipinski definition) is 0. The lowest BCUT2D eigenvalue weighted by Gasteiger charge is -1.98. The van der Waals surface area contributed by atoms with Gasteiger partial charge in [-0.15, -0.1) is 0 Å². The molecule has 4 aromatic rings. The van der Waals surface area contributed by atoms with Crippen LogP contribution in [0.2, 0.25) is 15.5 Å². The van der Waals surface area contributed by atoms with E-state index >= 15 is 0 Å². The molecule has 4 heterocycles. The molecule has 0 spiro atoms. The molecular formula is C16H15Cl3N6. The molecule has 0 bridgehead atoms. The van der Waals surface area contributed by atoms with E-state index in [4.69, 9.17) is 34.8 Å². The summed E-state index contributed by atoms with van der Waals surface area (Å²) in [6, 6.07) is 7.37. The average Bonchev–Trinajstić information content (AvgIpc) is 3.13. The third-order valence-electron chi connectivity index (χ3n) is 3.39. The Hall–Kier alpha value is -1.89. The molecular weight excluding hydrogens is 383 g/mol. The van der Waals surface area contributed by atoms with Gasteiger partial charge in [0.25, 0.3) is 0 Å². The summed E-state index contributed by atoms with van der Waals surface area (Å²) in [5.74, 6) is 0. The maximum absolute atomic E-state index is 5.77. The van der Waals surface area contributed by atoms with E-state index in [-0.39, 0.29) is 0 Å². The van der Waals surface area contributed by atoms with Crippen molar-refractivity contribution in [2.75, 3.05) is 0 Å². The van der Waals surface area contributed by atoms with Gasteiger partial charge in [0.15, 0.2) is 11.3 Å². The summed E-state index contributed by atoms with van der Waals surface area (Å²) in [5, 5.41) is 9.66. The standard InChI is InChI=1S/C10H12ClN3.C6H3Cl2N3/c1-2-3-4-8-5-6-10-12-9(11)7-14(10)13-8;7-4-1-2-6-9-5(8)3-11(6)10-4/h5-7H,2-4H2,1H3;1-3H. The fourth-order valence-electron chi connectivity index (χ4n) is 2.21. The largest absolute Gasteiger partial charge is 0.219 e. The van der Waals surface area contributed by atoms with Gasteiger partial charge in [0, 0.05) is 0 Å². The predicted molar refractivity (Wildman–Crippen MR) is 99.6 cm³/mol. The molecule has 0 unspecified atom stereocenters. The molecule has 9 heteroatoms. The van der Waals surface area contributed by atoms with E-state index in [1.165, 1.54) is 17.4 Å². The SMILES string of the molecule is CCCCc1ccc2nc(Cl)cn2n1.Clc1cn2nc(Cl)ccc2n1.